The summed E-state index contributed by atoms with van der Waals surface area (Å²) < 4.78 is 0. The molecule has 1 aromatic carbocycles. The molecule has 1 aromatic rings. The highest BCUT2D eigenvalue weighted by Gasteiger charge is 2.28. The molecule has 0 spiro atoms. The fourth-order valence-electron chi connectivity index (χ4n) is 2.35. The topological polar surface area (TPSA) is 12.0 Å². The maximum atomic E-state index is 5.37. The van der Waals surface area contributed by atoms with E-state index in [1.54, 1.807) is 0 Å². The van der Waals surface area contributed by atoms with Gasteiger partial charge in [0.2, 0.25) is 0 Å². The number of hydrogen-bond donors (Lipinski definition) is 1. The Morgan fingerprint density at radius 2 is 2.35 bits per heavy atom. The van der Waals surface area contributed by atoms with E-state index in [2.05, 4.69) is 42.4 Å². The monoisotopic (exact) mass is 245 g/mol. The van der Waals surface area contributed by atoms with Crippen molar-refractivity contribution in [2.75, 3.05) is 6.54 Å². The van der Waals surface area contributed by atoms with Gasteiger partial charge in [0.15, 0.2) is 0 Å². The largest absolute Gasteiger partial charge is 0.313 e. The second-order valence-electron chi connectivity index (χ2n) is 4.38. The molecule has 0 saturated carbocycles. The minimum Gasteiger partial charge on any atom is -0.313 e. The number of nitrogens with one attached hydrogen (secondary N) is 1. The number of fused-ring (bicyclic) bond motifs is 1. The van der Waals surface area contributed by atoms with E-state index in [0.717, 1.165) is 19.4 Å². The maximum Gasteiger partial charge on any atom is 0.0289 e. The van der Waals surface area contributed by atoms with Crippen molar-refractivity contribution in [1.29, 1.82) is 0 Å². The van der Waals surface area contributed by atoms with Crippen molar-refractivity contribution in [3.63, 3.8) is 0 Å². The summed E-state index contributed by atoms with van der Waals surface area (Å²) in [6, 6.07) is 9.26. The number of thioether (sulfide) groups is 1. The van der Waals surface area contributed by atoms with E-state index < -0.39 is 0 Å². The van der Waals surface area contributed by atoms with E-state index in [-0.39, 0.29) is 0 Å². The van der Waals surface area contributed by atoms with E-state index >= 15 is 0 Å². The SMILES string of the molecule is C#CCCC(NCC)C1Cc2ccccc2S1. The molecule has 2 unspecified atom stereocenters. The summed E-state index contributed by atoms with van der Waals surface area (Å²) >= 11 is 2.00. The van der Waals surface area contributed by atoms with Crippen LogP contribution in [0.5, 0.6) is 0 Å². The first-order valence-corrected chi connectivity index (χ1v) is 7.14. The number of hydrogen-bond acceptors (Lipinski definition) is 2. The number of terminal acetylenes is 1. The molecule has 1 heterocycles. The quantitative estimate of drug-likeness (QED) is 0.800. The highest BCUT2D eigenvalue weighted by Crippen LogP contribution is 2.39. The first kappa shape index (κ1) is 12.5. The van der Waals surface area contributed by atoms with Crippen molar-refractivity contribution >= 4 is 11.8 Å². The molecule has 0 amide bonds. The van der Waals surface area contributed by atoms with Gasteiger partial charge in [0.05, 0.1) is 0 Å². The number of rotatable bonds is 5. The van der Waals surface area contributed by atoms with E-state index in [4.69, 9.17) is 6.42 Å². The lowest BCUT2D eigenvalue weighted by Crippen LogP contribution is -2.37. The van der Waals surface area contributed by atoms with Crippen LogP contribution < -0.4 is 5.32 Å². The summed E-state index contributed by atoms with van der Waals surface area (Å²) in [5, 5.41) is 4.22. The van der Waals surface area contributed by atoms with Crippen LogP contribution in [-0.4, -0.2) is 17.8 Å². The second kappa shape index (κ2) is 6.14. The van der Waals surface area contributed by atoms with Gasteiger partial charge in [-0.1, -0.05) is 25.1 Å². The minimum absolute atomic E-state index is 0.536. The lowest BCUT2D eigenvalue weighted by molar-refractivity contribution is 0.483. The fraction of sp³-hybridized carbons (Fsp3) is 0.467. The molecule has 2 heteroatoms. The molecule has 1 N–H and O–H groups in total. The molecule has 1 nitrogen and oxygen atoms in total. The maximum absolute atomic E-state index is 5.37. The fourth-order valence-corrected chi connectivity index (χ4v) is 3.80. The summed E-state index contributed by atoms with van der Waals surface area (Å²) in [4.78, 5) is 1.45. The Balaban J connectivity index is 2.01. The van der Waals surface area contributed by atoms with Gasteiger partial charge in [0, 0.05) is 22.6 Å². The third-order valence-electron chi connectivity index (χ3n) is 3.19. The minimum atomic E-state index is 0.536. The zero-order chi connectivity index (χ0) is 12.1. The van der Waals surface area contributed by atoms with Gasteiger partial charge in [0.1, 0.15) is 0 Å². The Hall–Kier alpha value is -0.910. The molecule has 17 heavy (non-hydrogen) atoms. The van der Waals surface area contributed by atoms with Gasteiger partial charge in [-0.15, -0.1) is 24.1 Å². The highest BCUT2D eigenvalue weighted by molar-refractivity contribution is 8.00. The van der Waals surface area contributed by atoms with Crippen LogP contribution in [0.25, 0.3) is 0 Å². The molecule has 2 rings (SSSR count). The molecule has 0 fully saturated rings. The average Bonchev–Trinajstić information content (AvgIpc) is 2.78. The van der Waals surface area contributed by atoms with Gasteiger partial charge in [0.25, 0.3) is 0 Å². The lowest BCUT2D eigenvalue weighted by atomic mass is 10.0. The van der Waals surface area contributed by atoms with Crippen LogP contribution in [0.3, 0.4) is 0 Å². The summed E-state index contributed by atoms with van der Waals surface area (Å²) in [6.07, 6.45) is 8.49. The van der Waals surface area contributed by atoms with Crippen LogP contribution in [0, 0.1) is 12.3 Å². The second-order valence-corrected chi connectivity index (χ2v) is 5.66. The van der Waals surface area contributed by atoms with Gasteiger partial charge in [-0.05, 0) is 31.0 Å². The van der Waals surface area contributed by atoms with Crippen molar-refractivity contribution in [3.8, 4) is 12.3 Å². The van der Waals surface area contributed by atoms with Crippen molar-refractivity contribution in [1.82, 2.24) is 5.32 Å². The highest BCUT2D eigenvalue weighted by atomic mass is 32.2. The predicted octanol–water partition coefficient (Wildman–Crippen LogP) is 3.09. The Morgan fingerprint density at radius 1 is 1.53 bits per heavy atom. The Labute approximate surface area is 108 Å². The Morgan fingerprint density at radius 3 is 3.06 bits per heavy atom. The molecule has 0 aromatic heterocycles. The molecule has 90 valence electrons. The van der Waals surface area contributed by atoms with Crippen LogP contribution in [0.2, 0.25) is 0 Å². The molecule has 1 aliphatic heterocycles. The van der Waals surface area contributed by atoms with Crippen molar-refractivity contribution < 1.29 is 0 Å². The zero-order valence-corrected chi connectivity index (χ0v) is 11.1. The summed E-state index contributed by atoms with van der Waals surface area (Å²) in [5.41, 5.74) is 1.49. The van der Waals surface area contributed by atoms with Crippen LogP contribution >= 0.6 is 11.8 Å². The van der Waals surface area contributed by atoms with Crippen LogP contribution in [0.1, 0.15) is 25.3 Å². The number of benzene rings is 1. The van der Waals surface area contributed by atoms with E-state index in [9.17, 15) is 0 Å². The van der Waals surface area contributed by atoms with E-state index in [1.165, 1.54) is 16.9 Å². The summed E-state index contributed by atoms with van der Waals surface area (Å²) in [5.74, 6) is 2.75. The van der Waals surface area contributed by atoms with Crippen molar-refractivity contribution in [3.05, 3.63) is 29.8 Å². The Bertz CT molecular complexity index is 383. The third kappa shape index (κ3) is 3.06. The van der Waals surface area contributed by atoms with E-state index in [1.807, 2.05) is 11.8 Å². The normalized spacial score (nSPS) is 19.6. The summed E-state index contributed by atoms with van der Waals surface area (Å²) in [6.45, 7) is 3.18. The lowest BCUT2D eigenvalue weighted by Gasteiger charge is -2.22. The average molecular weight is 245 g/mol. The van der Waals surface area contributed by atoms with Gasteiger partial charge in [-0.2, -0.15) is 0 Å². The predicted molar refractivity (Wildman–Crippen MR) is 75.3 cm³/mol. The molecule has 0 bridgehead atoms. The Kier molecular flexibility index (Phi) is 4.53. The van der Waals surface area contributed by atoms with Crippen LogP contribution in [-0.2, 0) is 6.42 Å². The molecule has 0 radical (unpaired) electrons. The van der Waals surface area contributed by atoms with Crippen molar-refractivity contribution in [2.24, 2.45) is 0 Å². The van der Waals surface area contributed by atoms with Gasteiger partial charge >= 0.3 is 0 Å². The van der Waals surface area contributed by atoms with Gasteiger partial charge in [-0.3, -0.25) is 0 Å². The molecule has 0 saturated heterocycles. The smallest absolute Gasteiger partial charge is 0.0289 e. The first-order chi connectivity index (χ1) is 8.35. The zero-order valence-electron chi connectivity index (χ0n) is 10.3. The van der Waals surface area contributed by atoms with E-state index in [0.29, 0.717) is 11.3 Å². The van der Waals surface area contributed by atoms with Crippen LogP contribution in [0.4, 0.5) is 0 Å². The third-order valence-corrected chi connectivity index (χ3v) is 4.64. The van der Waals surface area contributed by atoms with Crippen molar-refractivity contribution in [2.45, 2.75) is 42.4 Å². The van der Waals surface area contributed by atoms with Gasteiger partial charge < -0.3 is 5.32 Å². The molecular weight excluding hydrogens is 226 g/mol. The standard InChI is InChI=1S/C15H19NS/c1-3-5-9-13(16-4-2)15-11-12-8-6-7-10-14(12)17-15/h1,6-8,10,13,15-16H,4-5,9,11H2,2H3. The molecule has 2 atom stereocenters. The molecule has 1 aliphatic rings. The molecular formula is C15H19NS. The van der Waals surface area contributed by atoms with Crippen LogP contribution in [0.15, 0.2) is 29.2 Å². The first-order valence-electron chi connectivity index (χ1n) is 6.26. The molecule has 0 aliphatic carbocycles. The van der Waals surface area contributed by atoms with Gasteiger partial charge in [-0.25, -0.2) is 0 Å². The summed E-state index contributed by atoms with van der Waals surface area (Å²) in [7, 11) is 0.